The maximum atomic E-state index is 9.01. The van der Waals surface area contributed by atoms with Crippen molar-refractivity contribution in [2.75, 3.05) is 33.4 Å². The standard InChI is InChI=1S/C12H25NO3/c1-10-3-4-11(9-12(10)16-2)13(5-7-14)6-8-15/h10-12,14-15H,3-9H2,1-2H3. The molecule has 2 N–H and O–H groups in total. The number of aliphatic hydroxyl groups is 2. The lowest BCUT2D eigenvalue weighted by Crippen LogP contribution is -2.45. The first-order valence-electron chi connectivity index (χ1n) is 6.21. The van der Waals surface area contributed by atoms with Gasteiger partial charge in [-0.2, -0.15) is 0 Å². The normalized spacial score (nSPS) is 30.9. The minimum Gasteiger partial charge on any atom is -0.395 e. The number of ether oxygens (including phenoxy) is 1. The van der Waals surface area contributed by atoms with Gasteiger partial charge in [0.25, 0.3) is 0 Å². The molecule has 0 bridgehead atoms. The Bertz CT molecular complexity index is 183. The zero-order valence-corrected chi connectivity index (χ0v) is 10.4. The first kappa shape index (κ1) is 13.9. The SMILES string of the molecule is COC1CC(N(CCO)CCO)CCC1C. The highest BCUT2D eigenvalue weighted by atomic mass is 16.5. The Kier molecular flexibility index (Phi) is 6.28. The first-order valence-corrected chi connectivity index (χ1v) is 6.21. The summed E-state index contributed by atoms with van der Waals surface area (Å²) in [5.41, 5.74) is 0. The van der Waals surface area contributed by atoms with Crippen molar-refractivity contribution in [3.8, 4) is 0 Å². The van der Waals surface area contributed by atoms with Crippen LogP contribution in [-0.2, 0) is 4.74 Å². The van der Waals surface area contributed by atoms with Gasteiger partial charge in [0, 0.05) is 26.2 Å². The monoisotopic (exact) mass is 231 g/mol. The molecule has 1 rings (SSSR count). The topological polar surface area (TPSA) is 52.9 Å². The molecule has 1 aliphatic carbocycles. The van der Waals surface area contributed by atoms with E-state index in [0.29, 0.717) is 31.2 Å². The number of hydrogen-bond donors (Lipinski definition) is 2. The van der Waals surface area contributed by atoms with E-state index in [4.69, 9.17) is 14.9 Å². The van der Waals surface area contributed by atoms with Crippen LogP contribution in [0.3, 0.4) is 0 Å². The molecule has 1 fully saturated rings. The van der Waals surface area contributed by atoms with Crippen molar-refractivity contribution in [2.24, 2.45) is 5.92 Å². The van der Waals surface area contributed by atoms with E-state index in [2.05, 4.69) is 11.8 Å². The molecule has 4 nitrogen and oxygen atoms in total. The molecule has 1 aliphatic rings. The molecule has 0 radical (unpaired) electrons. The van der Waals surface area contributed by atoms with Gasteiger partial charge in [-0.25, -0.2) is 0 Å². The van der Waals surface area contributed by atoms with Gasteiger partial charge in [0.05, 0.1) is 19.3 Å². The predicted molar refractivity (Wildman–Crippen MR) is 63.3 cm³/mol. The maximum absolute atomic E-state index is 9.01. The highest BCUT2D eigenvalue weighted by Crippen LogP contribution is 2.29. The van der Waals surface area contributed by atoms with Crippen molar-refractivity contribution in [2.45, 2.75) is 38.3 Å². The average Bonchev–Trinajstić information content (AvgIpc) is 2.29. The lowest BCUT2D eigenvalue weighted by Gasteiger charge is -2.39. The molecule has 4 heteroatoms. The van der Waals surface area contributed by atoms with Crippen molar-refractivity contribution in [1.82, 2.24) is 4.90 Å². The lowest BCUT2D eigenvalue weighted by atomic mass is 9.84. The molecule has 16 heavy (non-hydrogen) atoms. The first-order chi connectivity index (χ1) is 7.72. The van der Waals surface area contributed by atoms with Gasteiger partial charge >= 0.3 is 0 Å². The van der Waals surface area contributed by atoms with E-state index >= 15 is 0 Å². The lowest BCUT2D eigenvalue weighted by molar-refractivity contribution is -0.0116. The van der Waals surface area contributed by atoms with Crippen LogP contribution in [0.2, 0.25) is 0 Å². The van der Waals surface area contributed by atoms with E-state index in [1.54, 1.807) is 7.11 Å². The van der Waals surface area contributed by atoms with Gasteiger partial charge < -0.3 is 14.9 Å². The van der Waals surface area contributed by atoms with Gasteiger partial charge in [-0.3, -0.25) is 4.90 Å². The van der Waals surface area contributed by atoms with E-state index in [0.717, 1.165) is 19.3 Å². The average molecular weight is 231 g/mol. The smallest absolute Gasteiger partial charge is 0.0611 e. The third kappa shape index (κ3) is 3.70. The fourth-order valence-electron chi connectivity index (χ4n) is 2.65. The molecule has 0 amide bonds. The van der Waals surface area contributed by atoms with Crippen LogP contribution in [0.5, 0.6) is 0 Å². The van der Waals surface area contributed by atoms with Crippen molar-refractivity contribution in [3.05, 3.63) is 0 Å². The fourth-order valence-corrected chi connectivity index (χ4v) is 2.65. The van der Waals surface area contributed by atoms with Gasteiger partial charge in [-0.15, -0.1) is 0 Å². The Balaban J connectivity index is 2.50. The summed E-state index contributed by atoms with van der Waals surface area (Å²) in [5, 5.41) is 18.0. The van der Waals surface area contributed by atoms with Gasteiger partial charge in [-0.1, -0.05) is 6.92 Å². The molecule has 1 saturated carbocycles. The van der Waals surface area contributed by atoms with Crippen LogP contribution in [0.25, 0.3) is 0 Å². The summed E-state index contributed by atoms with van der Waals surface area (Å²) in [6.45, 7) is 3.84. The van der Waals surface area contributed by atoms with Crippen LogP contribution >= 0.6 is 0 Å². The zero-order valence-electron chi connectivity index (χ0n) is 10.4. The Hall–Kier alpha value is -0.160. The Morgan fingerprint density at radius 2 is 1.81 bits per heavy atom. The minimum atomic E-state index is 0.156. The molecule has 0 aromatic carbocycles. The van der Waals surface area contributed by atoms with E-state index in [-0.39, 0.29) is 13.2 Å². The molecular formula is C12H25NO3. The molecule has 3 unspecified atom stereocenters. The van der Waals surface area contributed by atoms with Crippen LogP contribution in [0.1, 0.15) is 26.2 Å². The maximum Gasteiger partial charge on any atom is 0.0611 e. The summed E-state index contributed by atoms with van der Waals surface area (Å²) in [5.74, 6) is 0.617. The second kappa shape index (κ2) is 7.22. The van der Waals surface area contributed by atoms with Crippen molar-refractivity contribution in [3.63, 3.8) is 0 Å². The van der Waals surface area contributed by atoms with E-state index in [1.165, 1.54) is 0 Å². The summed E-state index contributed by atoms with van der Waals surface area (Å²) in [4.78, 5) is 2.18. The van der Waals surface area contributed by atoms with Gasteiger partial charge in [-0.05, 0) is 25.2 Å². The molecule has 3 atom stereocenters. The predicted octanol–water partition coefficient (Wildman–Crippen LogP) is 0.477. The minimum absolute atomic E-state index is 0.156. The number of methoxy groups -OCH3 is 1. The zero-order chi connectivity index (χ0) is 12.0. The Labute approximate surface area is 98.2 Å². The summed E-state index contributed by atoms with van der Waals surface area (Å²) >= 11 is 0. The third-order valence-electron chi connectivity index (χ3n) is 3.69. The number of rotatable bonds is 6. The number of nitrogens with zero attached hydrogens (tertiary/aromatic N) is 1. The molecular weight excluding hydrogens is 206 g/mol. The van der Waals surface area contributed by atoms with Crippen molar-refractivity contribution < 1.29 is 14.9 Å². The fraction of sp³-hybridized carbons (Fsp3) is 1.00. The summed E-state index contributed by atoms with van der Waals surface area (Å²) < 4.78 is 5.49. The van der Waals surface area contributed by atoms with Crippen LogP contribution in [0, 0.1) is 5.92 Å². The molecule has 0 saturated heterocycles. The third-order valence-corrected chi connectivity index (χ3v) is 3.69. The van der Waals surface area contributed by atoms with Crippen LogP contribution in [0.4, 0.5) is 0 Å². The van der Waals surface area contributed by atoms with Crippen LogP contribution in [-0.4, -0.2) is 60.7 Å². The van der Waals surface area contributed by atoms with Gasteiger partial charge in [0.2, 0.25) is 0 Å². The second-order valence-corrected chi connectivity index (χ2v) is 4.70. The van der Waals surface area contributed by atoms with Crippen molar-refractivity contribution >= 4 is 0 Å². The molecule has 0 heterocycles. The summed E-state index contributed by atoms with van der Waals surface area (Å²) in [7, 11) is 1.77. The molecule has 0 aromatic heterocycles. The molecule has 0 aliphatic heterocycles. The van der Waals surface area contributed by atoms with Crippen molar-refractivity contribution in [1.29, 1.82) is 0 Å². The molecule has 0 spiro atoms. The highest BCUT2D eigenvalue weighted by molar-refractivity contribution is 4.84. The largest absolute Gasteiger partial charge is 0.395 e. The van der Waals surface area contributed by atoms with Gasteiger partial charge in [0.15, 0.2) is 0 Å². The Morgan fingerprint density at radius 3 is 2.31 bits per heavy atom. The van der Waals surface area contributed by atoms with Crippen LogP contribution < -0.4 is 0 Å². The van der Waals surface area contributed by atoms with E-state index in [9.17, 15) is 0 Å². The van der Waals surface area contributed by atoms with E-state index in [1.807, 2.05) is 0 Å². The quantitative estimate of drug-likeness (QED) is 0.698. The summed E-state index contributed by atoms with van der Waals surface area (Å²) in [6, 6.07) is 0.445. The Morgan fingerprint density at radius 1 is 1.19 bits per heavy atom. The van der Waals surface area contributed by atoms with Crippen LogP contribution in [0.15, 0.2) is 0 Å². The van der Waals surface area contributed by atoms with E-state index < -0.39 is 0 Å². The highest BCUT2D eigenvalue weighted by Gasteiger charge is 2.30. The molecule has 96 valence electrons. The second-order valence-electron chi connectivity index (χ2n) is 4.70. The summed E-state index contributed by atoms with van der Waals surface area (Å²) in [6.07, 6.45) is 3.63. The number of aliphatic hydroxyl groups excluding tert-OH is 2. The molecule has 0 aromatic rings. The number of hydrogen-bond acceptors (Lipinski definition) is 4. The van der Waals surface area contributed by atoms with Gasteiger partial charge in [0.1, 0.15) is 0 Å².